The fraction of sp³-hybridized carbons (Fsp3) is 0.304. The second-order valence-electron chi connectivity index (χ2n) is 8.16. The topological polar surface area (TPSA) is 96.3 Å². The number of carbonyl (C=O) groups is 3. The van der Waals surface area contributed by atoms with Crippen LogP contribution in [0.5, 0.6) is 0 Å². The molecular formula is C23H23N5O3. The molecule has 5 rings (SSSR count). The molecule has 0 unspecified atom stereocenters. The number of nitrogens with one attached hydrogen (secondary N) is 2. The number of hydrogen-bond acceptors (Lipinski definition) is 4. The third kappa shape index (κ3) is 3.43. The molecule has 31 heavy (non-hydrogen) atoms. The molecule has 2 fully saturated rings. The average Bonchev–Trinajstić information content (AvgIpc) is 3.30. The number of imidazole rings is 1. The molecule has 1 spiro atoms. The third-order valence-electron chi connectivity index (χ3n) is 6.14. The van der Waals surface area contributed by atoms with Crippen LogP contribution in [0.1, 0.15) is 32.1 Å². The predicted molar refractivity (Wildman–Crippen MR) is 116 cm³/mol. The zero-order valence-corrected chi connectivity index (χ0v) is 17.0. The van der Waals surface area contributed by atoms with Gasteiger partial charge in [0.15, 0.2) is 0 Å². The lowest BCUT2D eigenvalue weighted by molar-refractivity contribution is -0.134. The van der Waals surface area contributed by atoms with Gasteiger partial charge in [0.1, 0.15) is 18.4 Å². The third-order valence-corrected chi connectivity index (χ3v) is 6.14. The van der Waals surface area contributed by atoms with Crippen LogP contribution in [0.4, 0.5) is 10.5 Å². The highest BCUT2D eigenvalue weighted by Crippen LogP contribution is 2.33. The first kappa shape index (κ1) is 19.3. The van der Waals surface area contributed by atoms with E-state index in [4.69, 9.17) is 0 Å². The maximum Gasteiger partial charge on any atom is 0.325 e. The van der Waals surface area contributed by atoms with E-state index in [1.54, 1.807) is 18.5 Å². The summed E-state index contributed by atoms with van der Waals surface area (Å²) in [6, 6.07) is 14.7. The number of nitrogens with zero attached hydrogens (tertiary/aromatic N) is 3. The first-order valence-corrected chi connectivity index (χ1v) is 10.5. The Morgan fingerprint density at radius 3 is 2.55 bits per heavy atom. The fourth-order valence-electron chi connectivity index (χ4n) is 4.53. The van der Waals surface area contributed by atoms with E-state index in [1.165, 1.54) is 0 Å². The van der Waals surface area contributed by atoms with Gasteiger partial charge in [-0.05, 0) is 49.2 Å². The van der Waals surface area contributed by atoms with Gasteiger partial charge in [-0.3, -0.25) is 19.1 Å². The lowest BCUT2D eigenvalue weighted by atomic mass is 9.82. The number of benzene rings is 2. The van der Waals surface area contributed by atoms with E-state index in [2.05, 4.69) is 15.6 Å². The number of hydrogen-bond donors (Lipinski definition) is 2. The van der Waals surface area contributed by atoms with Crippen LogP contribution >= 0.6 is 0 Å². The van der Waals surface area contributed by atoms with Gasteiger partial charge in [-0.1, -0.05) is 31.4 Å². The summed E-state index contributed by atoms with van der Waals surface area (Å²) in [5.41, 5.74) is 2.60. The number of rotatable bonds is 4. The van der Waals surface area contributed by atoms with Crippen molar-refractivity contribution in [1.82, 2.24) is 19.8 Å². The van der Waals surface area contributed by atoms with Crippen molar-refractivity contribution >= 4 is 34.6 Å². The van der Waals surface area contributed by atoms with Gasteiger partial charge in [0, 0.05) is 11.4 Å². The molecule has 1 saturated heterocycles. The zero-order valence-electron chi connectivity index (χ0n) is 17.0. The maximum absolute atomic E-state index is 12.8. The van der Waals surface area contributed by atoms with E-state index < -0.39 is 17.5 Å². The molecule has 1 aliphatic heterocycles. The average molecular weight is 417 g/mol. The molecule has 0 radical (unpaired) electrons. The summed E-state index contributed by atoms with van der Waals surface area (Å²) in [6.07, 6.45) is 5.92. The second-order valence-corrected chi connectivity index (χ2v) is 8.16. The van der Waals surface area contributed by atoms with Gasteiger partial charge in [0.25, 0.3) is 5.91 Å². The molecule has 4 amide bonds. The minimum Gasteiger partial charge on any atom is -0.325 e. The van der Waals surface area contributed by atoms with Crippen molar-refractivity contribution in [3.8, 4) is 5.69 Å². The molecule has 1 aromatic heterocycles. The summed E-state index contributed by atoms with van der Waals surface area (Å²) in [6.45, 7) is -0.291. The molecule has 8 heteroatoms. The van der Waals surface area contributed by atoms with Crippen LogP contribution in [0, 0.1) is 0 Å². The number of amides is 4. The molecule has 2 heterocycles. The number of anilines is 1. The Morgan fingerprint density at radius 2 is 1.77 bits per heavy atom. The van der Waals surface area contributed by atoms with Gasteiger partial charge < -0.3 is 10.6 Å². The van der Waals surface area contributed by atoms with Crippen LogP contribution in [0.25, 0.3) is 16.7 Å². The van der Waals surface area contributed by atoms with Crippen LogP contribution in [0.2, 0.25) is 0 Å². The first-order chi connectivity index (χ1) is 15.1. The van der Waals surface area contributed by atoms with Crippen molar-refractivity contribution in [1.29, 1.82) is 0 Å². The molecule has 2 N–H and O–H groups in total. The number of fused-ring (bicyclic) bond motifs is 1. The van der Waals surface area contributed by atoms with Crippen molar-refractivity contribution in [3.05, 3.63) is 54.9 Å². The standard InChI is InChI=1S/C23H23N5O3/c29-20(14-27-21(30)23(26-22(27)31)12-4-1-5-13-23)25-16-8-10-17(11-9-16)28-15-24-18-6-2-3-7-19(18)28/h2-3,6-11,15H,1,4-5,12-14H2,(H,25,29)(H,26,31). The summed E-state index contributed by atoms with van der Waals surface area (Å²) >= 11 is 0. The Balaban J connectivity index is 1.26. The van der Waals surface area contributed by atoms with Gasteiger partial charge in [-0.2, -0.15) is 0 Å². The number of aromatic nitrogens is 2. The summed E-state index contributed by atoms with van der Waals surface area (Å²) in [5, 5.41) is 5.60. The highest BCUT2D eigenvalue weighted by molar-refractivity contribution is 6.10. The highest BCUT2D eigenvalue weighted by atomic mass is 16.2. The summed E-state index contributed by atoms with van der Waals surface area (Å²) in [7, 11) is 0. The number of carbonyl (C=O) groups excluding carboxylic acids is 3. The van der Waals surface area contributed by atoms with E-state index in [0.29, 0.717) is 18.5 Å². The Morgan fingerprint density at radius 1 is 1.03 bits per heavy atom. The van der Waals surface area contributed by atoms with E-state index in [0.717, 1.165) is 40.9 Å². The van der Waals surface area contributed by atoms with Crippen molar-refractivity contribution < 1.29 is 14.4 Å². The van der Waals surface area contributed by atoms with E-state index in [9.17, 15) is 14.4 Å². The monoisotopic (exact) mass is 417 g/mol. The lowest BCUT2D eigenvalue weighted by Crippen LogP contribution is -2.48. The molecule has 8 nitrogen and oxygen atoms in total. The van der Waals surface area contributed by atoms with E-state index >= 15 is 0 Å². The van der Waals surface area contributed by atoms with Crippen molar-refractivity contribution in [3.63, 3.8) is 0 Å². The maximum atomic E-state index is 12.8. The normalized spacial score (nSPS) is 17.9. The molecular weight excluding hydrogens is 394 g/mol. The fourth-order valence-corrected chi connectivity index (χ4v) is 4.53. The summed E-state index contributed by atoms with van der Waals surface area (Å²) in [5.74, 6) is -0.688. The number of imide groups is 1. The Hall–Kier alpha value is -3.68. The lowest BCUT2D eigenvalue weighted by Gasteiger charge is -2.30. The zero-order chi connectivity index (χ0) is 21.4. The Kier molecular flexibility index (Phi) is 4.69. The predicted octanol–water partition coefficient (Wildman–Crippen LogP) is 3.22. The van der Waals surface area contributed by atoms with Crippen molar-refractivity contribution in [2.75, 3.05) is 11.9 Å². The Bertz CT molecular complexity index is 1160. The molecule has 1 aliphatic carbocycles. The largest absolute Gasteiger partial charge is 0.325 e. The summed E-state index contributed by atoms with van der Waals surface area (Å²) < 4.78 is 1.97. The SMILES string of the molecule is O=C(CN1C(=O)NC2(CCCCC2)C1=O)Nc1ccc(-n2cnc3ccccc32)cc1. The molecule has 2 aliphatic rings. The second kappa shape index (κ2) is 7.54. The van der Waals surface area contributed by atoms with Gasteiger partial charge >= 0.3 is 6.03 Å². The summed E-state index contributed by atoms with van der Waals surface area (Å²) in [4.78, 5) is 43.1. The van der Waals surface area contributed by atoms with Crippen LogP contribution < -0.4 is 10.6 Å². The molecule has 1 saturated carbocycles. The minimum absolute atomic E-state index is 0.283. The molecule has 2 aromatic carbocycles. The molecule has 3 aromatic rings. The molecule has 0 bridgehead atoms. The minimum atomic E-state index is -0.815. The van der Waals surface area contributed by atoms with E-state index in [1.807, 2.05) is 41.0 Å². The van der Waals surface area contributed by atoms with Gasteiger partial charge in [0.05, 0.1) is 11.0 Å². The van der Waals surface area contributed by atoms with Gasteiger partial charge in [0.2, 0.25) is 5.91 Å². The Labute approximate surface area is 179 Å². The van der Waals surface area contributed by atoms with E-state index in [-0.39, 0.29) is 12.5 Å². The highest BCUT2D eigenvalue weighted by Gasteiger charge is 2.51. The van der Waals surface area contributed by atoms with Crippen LogP contribution in [0.15, 0.2) is 54.9 Å². The van der Waals surface area contributed by atoms with Gasteiger partial charge in [-0.15, -0.1) is 0 Å². The van der Waals surface area contributed by atoms with Crippen LogP contribution in [-0.2, 0) is 9.59 Å². The van der Waals surface area contributed by atoms with Crippen LogP contribution in [-0.4, -0.2) is 44.4 Å². The molecule has 158 valence electrons. The van der Waals surface area contributed by atoms with Gasteiger partial charge in [-0.25, -0.2) is 9.78 Å². The van der Waals surface area contributed by atoms with Crippen molar-refractivity contribution in [2.45, 2.75) is 37.6 Å². The number of urea groups is 1. The van der Waals surface area contributed by atoms with Crippen molar-refractivity contribution in [2.24, 2.45) is 0 Å². The quantitative estimate of drug-likeness (QED) is 0.637. The molecule has 0 atom stereocenters. The first-order valence-electron chi connectivity index (χ1n) is 10.5. The van der Waals surface area contributed by atoms with Crippen LogP contribution in [0.3, 0.4) is 0 Å². The smallest absolute Gasteiger partial charge is 0.325 e. The number of para-hydroxylation sites is 2.